The minimum atomic E-state index is -0.214. The molecular formula is C20H29FO. The Labute approximate surface area is 134 Å². The van der Waals surface area contributed by atoms with Gasteiger partial charge in [0.15, 0.2) is 11.6 Å². The van der Waals surface area contributed by atoms with Crippen LogP contribution in [-0.2, 0) is 0 Å². The maximum Gasteiger partial charge on any atom is 0.165 e. The van der Waals surface area contributed by atoms with Gasteiger partial charge in [0.2, 0.25) is 0 Å². The second kappa shape index (κ2) is 7.02. The van der Waals surface area contributed by atoms with Gasteiger partial charge >= 0.3 is 0 Å². The third-order valence-electron chi connectivity index (χ3n) is 6.07. The molecule has 0 bridgehead atoms. The van der Waals surface area contributed by atoms with Crippen molar-refractivity contribution in [2.24, 2.45) is 17.8 Å². The number of hydrogen-bond donors (Lipinski definition) is 0. The highest BCUT2D eigenvalue weighted by Gasteiger charge is 2.35. The van der Waals surface area contributed by atoms with Gasteiger partial charge in [-0.1, -0.05) is 32.3 Å². The predicted molar refractivity (Wildman–Crippen MR) is 88.8 cm³/mol. The minimum Gasteiger partial charge on any atom is -0.494 e. The first kappa shape index (κ1) is 15.8. The molecule has 0 N–H and O–H groups in total. The van der Waals surface area contributed by atoms with Crippen LogP contribution in [0.4, 0.5) is 4.39 Å². The molecule has 2 aliphatic rings. The third-order valence-corrected chi connectivity index (χ3v) is 6.07. The van der Waals surface area contributed by atoms with Gasteiger partial charge in [0.25, 0.3) is 0 Å². The molecule has 0 amide bonds. The van der Waals surface area contributed by atoms with E-state index in [2.05, 4.69) is 13.0 Å². The summed E-state index contributed by atoms with van der Waals surface area (Å²) in [6.45, 7) is 2.31. The largest absolute Gasteiger partial charge is 0.494 e. The van der Waals surface area contributed by atoms with Crippen molar-refractivity contribution < 1.29 is 9.13 Å². The van der Waals surface area contributed by atoms with Crippen molar-refractivity contribution in [1.29, 1.82) is 0 Å². The van der Waals surface area contributed by atoms with E-state index in [9.17, 15) is 4.39 Å². The second-order valence-electron chi connectivity index (χ2n) is 7.39. The van der Waals surface area contributed by atoms with Crippen LogP contribution < -0.4 is 4.74 Å². The summed E-state index contributed by atoms with van der Waals surface area (Å²) in [5.41, 5.74) is 1.17. The lowest BCUT2D eigenvalue weighted by Crippen LogP contribution is -2.30. The van der Waals surface area contributed by atoms with E-state index in [1.807, 2.05) is 0 Å². The van der Waals surface area contributed by atoms with Crippen molar-refractivity contribution in [3.8, 4) is 5.75 Å². The summed E-state index contributed by atoms with van der Waals surface area (Å²) in [7, 11) is 1.53. The summed E-state index contributed by atoms with van der Waals surface area (Å²) < 4.78 is 19.0. The summed E-state index contributed by atoms with van der Waals surface area (Å²) in [5, 5.41) is 0. The van der Waals surface area contributed by atoms with Crippen LogP contribution in [0.25, 0.3) is 0 Å². The smallest absolute Gasteiger partial charge is 0.165 e. The number of benzene rings is 1. The molecule has 2 saturated carbocycles. The third kappa shape index (κ3) is 3.31. The Balaban J connectivity index is 1.64. The maximum atomic E-state index is 13.9. The number of halogens is 1. The Morgan fingerprint density at radius 2 is 1.86 bits per heavy atom. The maximum absolute atomic E-state index is 13.9. The van der Waals surface area contributed by atoms with Crippen molar-refractivity contribution >= 4 is 0 Å². The van der Waals surface area contributed by atoms with Crippen molar-refractivity contribution in [1.82, 2.24) is 0 Å². The van der Waals surface area contributed by atoms with E-state index in [-0.39, 0.29) is 5.82 Å². The number of methoxy groups -OCH3 is 1. The zero-order valence-electron chi connectivity index (χ0n) is 14.0. The van der Waals surface area contributed by atoms with Crippen LogP contribution in [0.3, 0.4) is 0 Å². The SMILES string of the molecule is CCCC1CCC2CC(c3ccc(OC)c(F)c3)CCC2C1. The van der Waals surface area contributed by atoms with E-state index in [0.29, 0.717) is 11.7 Å². The van der Waals surface area contributed by atoms with Gasteiger partial charge in [-0.15, -0.1) is 0 Å². The Morgan fingerprint density at radius 3 is 2.59 bits per heavy atom. The fourth-order valence-electron chi connectivity index (χ4n) is 4.90. The van der Waals surface area contributed by atoms with E-state index < -0.39 is 0 Å². The standard InChI is InChI=1S/C20H29FO/c1-3-4-14-5-6-16-12-17(8-7-15(16)11-14)18-9-10-20(22-2)19(21)13-18/h9-10,13-17H,3-8,11-12H2,1-2H3. The van der Waals surface area contributed by atoms with E-state index in [0.717, 1.165) is 17.8 Å². The Morgan fingerprint density at radius 1 is 1.09 bits per heavy atom. The Kier molecular flexibility index (Phi) is 5.05. The molecule has 0 heterocycles. The summed E-state index contributed by atoms with van der Waals surface area (Å²) >= 11 is 0. The van der Waals surface area contributed by atoms with Crippen molar-refractivity contribution in [3.63, 3.8) is 0 Å². The molecule has 0 saturated heterocycles. The predicted octanol–water partition coefficient (Wildman–Crippen LogP) is 5.93. The minimum absolute atomic E-state index is 0.214. The number of ether oxygens (including phenoxy) is 1. The fraction of sp³-hybridized carbons (Fsp3) is 0.700. The first-order valence-corrected chi connectivity index (χ1v) is 9.04. The molecule has 1 nitrogen and oxygen atoms in total. The average Bonchev–Trinajstić information content (AvgIpc) is 2.54. The quantitative estimate of drug-likeness (QED) is 0.669. The van der Waals surface area contributed by atoms with Crippen molar-refractivity contribution in [3.05, 3.63) is 29.6 Å². The number of fused-ring (bicyclic) bond motifs is 1. The van der Waals surface area contributed by atoms with Gasteiger partial charge < -0.3 is 4.74 Å². The molecule has 0 aromatic heterocycles. The molecule has 2 fully saturated rings. The van der Waals surface area contributed by atoms with Crippen molar-refractivity contribution in [2.75, 3.05) is 7.11 Å². The van der Waals surface area contributed by atoms with Crippen LogP contribution in [0.5, 0.6) is 5.75 Å². The first-order valence-electron chi connectivity index (χ1n) is 9.04. The van der Waals surface area contributed by atoms with Crippen LogP contribution in [0.1, 0.15) is 69.8 Å². The molecule has 22 heavy (non-hydrogen) atoms. The van der Waals surface area contributed by atoms with Crippen molar-refractivity contribution in [2.45, 2.75) is 64.2 Å². The van der Waals surface area contributed by atoms with Crippen LogP contribution in [-0.4, -0.2) is 7.11 Å². The Bertz CT molecular complexity index is 498. The zero-order chi connectivity index (χ0) is 15.5. The highest BCUT2D eigenvalue weighted by molar-refractivity contribution is 5.31. The normalized spacial score (nSPS) is 31.6. The highest BCUT2D eigenvalue weighted by atomic mass is 19.1. The molecule has 122 valence electrons. The summed E-state index contributed by atoms with van der Waals surface area (Å²) in [6, 6.07) is 5.55. The molecule has 3 rings (SSSR count). The molecule has 4 atom stereocenters. The van der Waals surface area contributed by atoms with Gasteiger partial charge in [-0.25, -0.2) is 4.39 Å². The fourth-order valence-corrected chi connectivity index (χ4v) is 4.90. The van der Waals surface area contributed by atoms with Gasteiger partial charge in [-0.05, 0) is 73.5 Å². The van der Waals surface area contributed by atoms with Gasteiger partial charge in [-0.3, -0.25) is 0 Å². The molecule has 1 aromatic rings. The van der Waals surface area contributed by atoms with E-state index >= 15 is 0 Å². The lowest BCUT2D eigenvalue weighted by Gasteiger charge is -2.42. The van der Waals surface area contributed by atoms with E-state index in [4.69, 9.17) is 4.74 Å². The first-order chi connectivity index (χ1) is 10.7. The molecular weight excluding hydrogens is 275 g/mol. The summed E-state index contributed by atoms with van der Waals surface area (Å²) in [5.74, 6) is 3.47. The van der Waals surface area contributed by atoms with Gasteiger partial charge in [0.1, 0.15) is 0 Å². The van der Waals surface area contributed by atoms with Crippen LogP contribution in [0.2, 0.25) is 0 Å². The van der Waals surface area contributed by atoms with Crippen LogP contribution in [0.15, 0.2) is 18.2 Å². The lowest BCUT2D eigenvalue weighted by atomic mass is 9.63. The number of hydrogen-bond acceptors (Lipinski definition) is 1. The van der Waals surface area contributed by atoms with E-state index in [1.54, 1.807) is 12.1 Å². The summed E-state index contributed by atoms with van der Waals surface area (Å²) in [4.78, 5) is 0. The van der Waals surface area contributed by atoms with E-state index in [1.165, 1.54) is 64.0 Å². The van der Waals surface area contributed by atoms with Gasteiger partial charge in [-0.2, -0.15) is 0 Å². The van der Waals surface area contributed by atoms with Crippen LogP contribution in [0, 0.1) is 23.6 Å². The summed E-state index contributed by atoms with van der Waals surface area (Å²) in [6.07, 6.45) is 10.8. The molecule has 0 aliphatic heterocycles. The van der Waals surface area contributed by atoms with Gasteiger partial charge in [0, 0.05) is 0 Å². The van der Waals surface area contributed by atoms with Crippen LogP contribution >= 0.6 is 0 Å². The zero-order valence-corrected chi connectivity index (χ0v) is 14.0. The Hall–Kier alpha value is -1.05. The highest BCUT2D eigenvalue weighted by Crippen LogP contribution is 2.48. The molecule has 2 heteroatoms. The molecule has 4 unspecified atom stereocenters. The molecule has 0 spiro atoms. The lowest BCUT2D eigenvalue weighted by molar-refractivity contribution is 0.114. The topological polar surface area (TPSA) is 9.23 Å². The monoisotopic (exact) mass is 304 g/mol. The number of rotatable bonds is 4. The molecule has 0 radical (unpaired) electrons. The second-order valence-corrected chi connectivity index (χ2v) is 7.39. The average molecular weight is 304 g/mol. The molecule has 2 aliphatic carbocycles. The molecule has 1 aromatic carbocycles. The van der Waals surface area contributed by atoms with Gasteiger partial charge in [0.05, 0.1) is 7.11 Å².